The quantitative estimate of drug-likeness (QED) is 0.0196. The van der Waals surface area contributed by atoms with Crippen molar-refractivity contribution in [2.75, 3.05) is 26.4 Å². The number of aromatic nitrogens is 8. The van der Waals surface area contributed by atoms with Crippen LogP contribution in [-0.2, 0) is 22.8 Å². The van der Waals surface area contributed by atoms with E-state index >= 15 is 0 Å². The number of piperazine rings is 1. The molecule has 1 fully saturated rings. The Morgan fingerprint density at radius 3 is 0.795 bits per heavy atom. The number of aromatic amines is 4. The highest BCUT2D eigenvalue weighted by atomic mass is 16.5. The molecule has 2 amide bonds. The first-order valence-corrected chi connectivity index (χ1v) is 48.3. The summed E-state index contributed by atoms with van der Waals surface area (Å²) < 4.78 is 38.8. The molecule has 6 aromatic heterocycles. The first-order chi connectivity index (χ1) is 65.0. The Morgan fingerprint density at radius 1 is 0.250 bits per heavy atom. The Hall–Kier alpha value is -13.7. The fourth-order valence-electron chi connectivity index (χ4n) is 17.8. The number of nitrogens with one attached hydrogen (secondary N) is 6. The van der Waals surface area contributed by atoms with Gasteiger partial charge in [0.05, 0.1) is 72.0 Å². The standard InChI is InChI=1S/C114H122N10O8/c1-5-9-13-17-21-25-61-127-95-65-83(66-96(73-95)128-62-26-22-18-14-10-6-2)109-103-57-45-89(119-103)69-85-41-53-99(115-85)107(100-54-42-86(116-100)70-90-46-58-104(109)120-90)79-33-29-77(30-34-79)75-131-93-49-37-81(38-50-93)111-113(125)124-112(114(126)123-111)82-39-51-94(52-40-82)132-76-78-31-35-80(36-32-78)108-101-55-43-87(117-101)71-91-47-59-105(121-91)110(106-60-48-92(122-106)72-88-44-56-102(108)118-88)84-67-97(129-63-27-23-19-15-11-7-3)74-98(68-84)130-64-28-24-20-16-12-8-4/h29-60,65-74,111-112,115,117,120,122H,5-28,61-64,75-76H2,1-4H3,(H,123,126)(H,124,125)/t111-,112-/m0/s1. The van der Waals surface area contributed by atoms with E-state index < -0.39 is 12.1 Å². The zero-order chi connectivity index (χ0) is 90.2. The molecule has 2 atom stereocenters. The van der Waals surface area contributed by atoms with E-state index in [0.29, 0.717) is 62.3 Å². The highest BCUT2D eigenvalue weighted by molar-refractivity contribution is 5.99. The van der Waals surface area contributed by atoms with Gasteiger partial charge in [0, 0.05) is 78.5 Å². The monoisotopic (exact) mass is 1760 g/mol. The van der Waals surface area contributed by atoms with Gasteiger partial charge in [-0.15, -0.1) is 0 Å². The third-order valence-corrected chi connectivity index (χ3v) is 25.0. The van der Waals surface area contributed by atoms with Crippen molar-refractivity contribution in [1.29, 1.82) is 0 Å². The number of benzene rings is 6. The predicted molar refractivity (Wildman–Crippen MR) is 538 cm³/mol. The van der Waals surface area contributed by atoms with Gasteiger partial charge in [-0.3, -0.25) is 9.59 Å². The number of hydrogen-bond acceptors (Lipinski definition) is 12. The number of unbranched alkanes of at least 4 members (excludes halogenated alkanes) is 20. The molecule has 0 saturated carbocycles. The zero-order valence-corrected chi connectivity index (χ0v) is 76.7. The van der Waals surface area contributed by atoms with Crippen LogP contribution in [0.3, 0.4) is 0 Å². The molecule has 0 spiro atoms. The second kappa shape index (κ2) is 44.7. The highest BCUT2D eigenvalue weighted by Gasteiger charge is 2.36. The third kappa shape index (κ3) is 23.5. The lowest BCUT2D eigenvalue weighted by Crippen LogP contribution is -2.52. The summed E-state index contributed by atoms with van der Waals surface area (Å²) in [6.45, 7) is 12.2. The maximum atomic E-state index is 13.9. The van der Waals surface area contributed by atoms with Crippen molar-refractivity contribution >= 4 is 105 Å². The van der Waals surface area contributed by atoms with Crippen molar-refractivity contribution in [3.05, 3.63) is 274 Å². The lowest BCUT2D eigenvalue weighted by Gasteiger charge is -2.30. The lowest BCUT2D eigenvalue weighted by molar-refractivity contribution is -0.137. The van der Waals surface area contributed by atoms with Gasteiger partial charge >= 0.3 is 0 Å². The van der Waals surface area contributed by atoms with Crippen LogP contribution in [0.5, 0.6) is 34.5 Å². The molecule has 6 N–H and O–H groups in total. The average Bonchev–Trinajstić information content (AvgIpc) is 1.66. The summed E-state index contributed by atoms with van der Waals surface area (Å²) in [5, 5.41) is 5.95. The smallest absolute Gasteiger partial charge is 0.248 e. The van der Waals surface area contributed by atoms with Gasteiger partial charge in [0.15, 0.2) is 0 Å². The molecule has 12 aromatic rings. The van der Waals surface area contributed by atoms with Gasteiger partial charge in [-0.25, -0.2) is 19.9 Å². The average molecular weight is 1760 g/mol. The van der Waals surface area contributed by atoms with Crippen molar-refractivity contribution in [3.63, 3.8) is 0 Å². The topological polar surface area (TPSA) is 228 Å². The van der Waals surface area contributed by atoms with E-state index in [9.17, 15) is 9.59 Å². The molecule has 0 unspecified atom stereocenters. The predicted octanol–water partition coefficient (Wildman–Crippen LogP) is 28.4. The summed E-state index contributed by atoms with van der Waals surface area (Å²) >= 11 is 0. The Morgan fingerprint density at radius 2 is 0.515 bits per heavy atom. The molecule has 676 valence electrons. The van der Waals surface area contributed by atoms with Gasteiger partial charge < -0.3 is 59.0 Å². The van der Waals surface area contributed by atoms with Crippen molar-refractivity contribution < 1.29 is 38.0 Å². The number of H-pyrrole nitrogens is 4. The molecule has 18 heteroatoms. The maximum Gasteiger partial charge on any atom is 0.248 e. The van der Waals surface area contributed by atoms with Crippen molar-refractivity contribution in [3.8, 4) is 79.0 Å². The fraction of sp³-hybridized carbons (Fsp3) is 0.316. The van der Waals surface area contributed by atoms with Gasteiger partial charge in [-0.05, 0) is 240 Å². The van der Waals surface area contributed by atoms with E-state index in [1.54, 1.807) is 0 Å². The zero-order valence-electron chi connectivity index (χ0n) is 76.7. The van der Waals surface area contributed by atoms with Crippen LogP contribution in [0.1, 0.15) is 262 Å². The Bertz CT molecular complexity index is 6030. The van der Waals surface area contributed by atoms with Gasteiger partial charge in [-0.2, -0.15) is 0 Å². The van der Waals surface area contributed by atoms with Crippen LogP contribution in [0.25, 0.3) is 137 Å². The van der Waals surface area contributed by atoms with Gasteiger partial charge in [0.1, 0.15) is 59.8 Å². The maximum absolute atomic E-state index is 13.9. The summed E-state index contributed by atoms with van der Waals surface area (Å²) in [4.78, 5) is 63.7. The van der Waals surface area contributed by atoms with E-state index in [1.165, 1.54) is 103 Å². The SMILES string of the molecule is CCCCCCCCOc1cc(OCCCCCCCC)cc(-c2c3nc(cc4ccc([nH]4)c(-c4ccc(COc5ccc([C@@H]6NC(=O)[C@H](c7ccc(OCc8ccc(-c9c%10nc(cc%11ccc([nH]%11)c(-c%11cc(OCCCCCCCC)cc(OCCCCCCCC)c%11)c%11nc(cc%12ccc9[nH]%12)C=C%11)C=C%10)cc8)cc7)NC6=O)cc5)cc4)c4nc(cc5ccc2[nH]5)C=C4)C=C3)c1. The molecule has 16 bridgehead atoms. The lowest BCUT2D eigenvalue weighted by atomic mass is 9.98. The molecule has 11 heterocycles. The summed E-state index contributed by atoms with van der Waals surface area (Å²) in [6, 6.07) is 67.3. The van der Waals surface area contributed by atoms with E-state index in [4.69, 9.17) is 48.4 Å². The molecule has 132 heavy (non-hydrogen) atoms. The molecular formula is C114H122N10O8. The minimum atomic E-state index is -0.894. The fourth-order valence-corrected chi connectivity index (χ4v) is 17.8. The Kier molecular flexibility index (Phi) is 30.6. The van der Waals surface area contributed by atoms with Crippen molar-refractivity contribution in [2.24, 2.45) is 0 Å². The van der Waals surface area contributed by atoms with Gasteiger partial charge in [0.25, 0.3) is 0 Å². The Balaban J connectivity index is 0.525. The van der Waals surface area contributed by atoms with E-state index in [0.717, 1.165) is 220 Å². The van der Waals surface area contributed by atoms with E-state index in [2.05, 4.69) is 252 Å². The number of nitrogens with zero attached hydrogens (tertiary/aromatic N) is 4. The first-order valence-electron chi connectivity index (χ1n) is 48.3. The minimum Gasteiger partial charge on any atom is -0.493 e. The molecule has 0 radical (unpaired) electrons. The summed E-state index contributed by atoms with van der Waals surface area (Å²) in [5.74, 6) is 3.76. The number of ether oxygens (including phenoxy) is 6. The Labute approximate surface area is 775 Å². The summed E-state index contributed by atoms with van der Waals surface area (Å²) in [5.41, 5.74) is 24.8. The number of carbonyl (C=O) groups is 2. The number of carbonyl (C=O) groups excluding carboxylic acids is 2. The molecule has 5 aliphatic heterocycles. The highest BCUT2D eigenvalue weighted by Crippen LogP contribution is 2.41. The molecular weight excluding hydrogens is 1640 g/mol. The van der Waals surface area contributed by atoms with Gasteiger partial charge in [0.2, 0.25) is 11.8 Å². The largest absolute Gasteiger partial charge is 0.493 e. The number of fused-ring (bicyclic) bond motifs is 16. The number of amides is 2. The van der Waals surface area contributed by atoms with Crippen LogP contribution < -0.4 is 39.1 Å². The minimum absolute atomic E-state index is 0.296. The molecule has 1 saturated heterocycles. The van der Waals surface area contributed by atoms with Gasteiger partial charge in [-0.1, -0.05) is 229 Å². The summed E-state index contributed by atoms with van der Waals surface area (Å²) in [7, 11) is 0. The number of hydrogen-bond donors (Lipinski definition) is 6. The molecule has 5 aliphatic rings. The molecule has 17 rings (SSSR count). The van der Waals surface area contributed by atoms with Crippen molar-refractivity contribution in [1.82, 2.24) is 50.5 Å². The van der Waals surface area contributed by atoms with Crippen LogP contribution in [0.15, 0.2) is 206 Å². The van der Waals surface area contributed by atoms with Crippen LogP contribution in [-0.4, -0.2) is 78.1 Å². The third-order valence-electron chi connectivity index (χ3n) is 25.0. The van der Waals surface area contributed by atoms with E-state index in [1.807, 2.05) is 60.7 Å². The second-order valence-corrected chi connectivity index (χ2v) is 35.3. The molecule has 18 nitrogen and oxygen atoms in total. The van der Waals surface area contributed by atoms with Crippen LogP contribution >= 0.6 is 0 Å². The first kappa shape index (κ1) is 90.2. The van der Waals surface area contributed by atoms with Crippen LogP contribution in [0, 0.1) is 0 Å². The van der Waals surface area contributed by atoms with Crippen LogP contribution in [0.2, 0.25) is 0 Å². The van der Waals surface area contributed by atoms with Crippen LogP contribution in [0.4, 0.5) is 0 Å². The summed E-state index contributed by atoms with van der Waals surface area (Å²) in [6.07, 6.45) is 45.2. The van der Waals surface area contributed by atoms with Crippen molar-refractivity contribution in [2.45, 2.75) is 207 Å². The second-order valence-electron chi connectivity index (χ2n) is 35.3. The normalized spacial score (nSPS) is 13.8. The molecule has 0 aliphatic carbocycles. The molecule has 6 aromatic carbocycles. The number of rotatable bonds is 44. The van der Waals surface area contributed by atoms with E-state index in [-0.39, 0.29) is 11.8 Å².